The molecule has 3 rings (SSSR count). The molecule has 1 aliphatic rings. The number of rotatable bonds is 9. The molecule has 1 heterocycles. The molecule has 146 valence electrons. The lowest BCUT2D eigenvalue weighted by atomic mass is 10.0. The van der Waals surface area contributed by atoms with E-state index >= 15 is 0 Å². The quantitative estimate of drug-likeness (QED) is 0.582. The van der Waals surface area contributed by atoms with Gasteiger partial charge >= 0.3 is 0 Å². The largest absolute Gasteiger partial charge is 0.390 e. The zero-order valence-electron chi connectivity index (χ0n) is 15.2. The van der Waals surface area contributed by atoms with Gasteiger partial charge in [-0.25, -0.2) is 0 Å². The fourth-order valence-electron chi connectivity index (χ4n) is 3.16. The van der Waals surface area contributed by atoms with Crippen LogP contribution in [0.1, 0.15) is 17.5 Å². The Kier molecular flexibility index (Phi) is 7.77. The van der Waals surface area contributed by atoms with Gasteiger partial charge < -0.3 is 24.4 Å². The second-order valence-electron chi connectivity index (χ2n) is 6.59. The van der Waals surface area contributed by atoms with E-state index in [1.54, 1.807) is 0 Å². The van der Waals surface area contributed by atoms with Crippen LogP contribution < -0.4 is 5.32 Å². The zero-order valence-corrected chi connectivity index (χ0v) is 15.2. The van der Waals surface area contributed by atoms with Crippen molar-refractivity contribution in [1.82, 2.24) is 5.32 Å². The Morgan fingerprint density at radius 3 is 2.22 bits per heavy atom. The Morgan fingerprint density at radius 2 is 1.59 bits per heavy atom. The van der Waals surface area contributed by atoms with Crippen molar-refractivity contribution >= 4 is 0 Å². The molecule has 2 aromatic carbocycles. The van der Waals surface area contributed by atoms with E-state index in [4.69, 9.17) is 19.3 Å². The van der Waals surface area contributed by atoms with Crippen LogP contribution in [0.25, 0.3) is 0 Å². The molecule has 0 bridgehead atoms. The van der Waals surface area contributed by atoms with Gasteiger partial charge in [0, 0.05) is 6.42 Å². The highest BCUT2D eigenvalue weighted by atomic mass is 16.6. The summed E-state index contributed by atoms with van der Waals surface area (Å²) in [5, 5.41) is 22.5. The predicted octanol–water partition coefficient (Wildman–Crippen LogP) is 1.80. The fourth-order valence-corrected chi connectivity index (χ4v) is 3.16. The third kappa shape index (κ3) is 6.10. The number of hydrogen-bond acceptors (Lipinski definition) is 6. The van der Waals surface area contributed by atoms with Crippen LogP contribution in [0.15, 0.2) is 60.7 Å². The van der Waals surface area contributed by atoms with Crippen LogP contribution in [-0.4, -0.2) is 48.1 Å². The average Bonchev–Trinajstić information content (AvgIpc) is 2.69. The molecule has 0 saturated carbocycles. The minimum absolute atomic E-state index is 0.218. The number of benzene rings is 2. The molecular weight excluding hydrogens is 346 g/mol. The lowest BCUT2D eigenvalue weighted by molar-refractivity contribution is -0.214. The van der Waals surface area contributed by atoms with Gasteiger partial charge in [-0.15, -0.1) is 0 Å². The number of aliphatic hydroxyl groups is 2. The molecule has 0 amide bonds. The zero-order chi connectivity index (χ0) is 18.9. The fraction of sp³-hybridized carbons (Fsp3) is 0.429. The van der Waals surface area contributed by atoms with Crippen LogP contribution in [0.4, 0.5) is 0 Å². The molecule has 1 fully saturated rings. The van der Waals surface area contributed by atoms with Crippen molar-refractivity contribution in [1.29, 1.82) is 0 Å². The van der Waals surface area contributed by atoms with Crippen LogP contribution >= 0.6 is 0 Å². The summed E-state index contributed by atoms with van der Waals surface area (Å²) in [5.74, 6) is 0. The average molecular weight is 373 g/mol. The van der Waals surface area contributed by atoms with E-state index in [0.29, 0.717) is 19.6 Å². The van der Waals surface area contributed by atoms with E-state index in [1.165, 1.54) is 0 Å². The van der Waals surface area contributed by atoms with Crippen molar-refractivity contribution in [3.8, 4) is 0 Å². The van der Waals surface area contributed by atoms with Gasteiger partial charge in [0.15, 0.2) is 0 Å². The smallest absolute Gasteiger partial charge is 0.113 e. The van der Waals surface area contributed by atoms with Crippen molar-refractivity contribution in [3.63, 3.8) is 0 Å². The van der Waals surface area contributed by atoms with E-state index in [1.807, 2.05) is 60.7 Å². The molecule has 6 nitrogen and oxygen atoms in total. The Bertz CT molecular complexity index is 654. The van der Waals surface area contributed by atoms with Crippen LogP contribution in [0.5, 0.6) is 0 Å². The third-order valence-electron chi connectivity index (χ3n) is 4.54. The van der Waals surface area contributed by atoms with Gasteiger partial charge in [0.2, 0.25) is 0 Å². The van der Waals surface area contributed by atoms with Crippen molar-refractivity contribution < 1.29 is 24.4 Å². The Labute approximate surface area is 159 Å². The topological polar surface area (TPSA) is 80.2 Å². The van der Waals surface area contributed by atoms with E-state index in [9.17, 15) is 5.11 Å². The molecule has 6 heteroatoms. The SMILES string of the molecule is OCNC1CC(O)C(OCc2ccccc2)C(COCc2ccccc2)O1. The molecule has 0 radical (unpaired) electrons. The number of hydrogen-bond donors (Lipinski definition) is 3. The van der Waals surface area contributed by atoms with E-state index in [-0.39, 0.29) is 13.3 Å². The highest BCUT2D eigenvalue weighted by Crippen LogP contribution is 2.23. The van der Waals surface area contributed by atoms with Crippen LogP contribution in [0.2, 0.25) is 0 Å². The van der Waals surface area contributed by atoms with Gasteiger partial charge in [0.25, 0.3) is 0 Å². The molecule has 4 atom stereocenters. The standard InChI is InChI=1S/C21H27NO5/c23-15-22-20-11-18(24)21(26-13-17-9-5-2-6-10-17)19(27-20)14-25-12-16-7-3-1-4-8-16/h1-10,18-24H,11-15H2. The maximum atomic E-state index is 10.5. The van der Waals surface area contributed by atoms with Crippen molar-refractivity contribution in [2.24, 2.45) is 0 Å². The number of nitrogens with one attached hydrogen (secondary N) is 1. The molecule has 0 aromatic heterocycles. The predicted molar refractivity (Wildman–Crippen MR) is 101 cm³/mol. The van der Waals surface area contributed by atoms with Crippen molar-refractivity contribution in [2.45, 2.75) is 44.2 Å². The summed E-state index contributed by atoms with van der Waals surface area (Å²) in [4.78, 5) is 0. The summed E-state index contributed by atoms with van der Waals surface area (Å²) in [7, 11) is 0. The van der Waals surface area contributed by atoms with Crippen LogP contribution in [0, 0.1) is 0 Å². The molecule has 1 saturated heterocycles. The van der Waals surface area contributed by atoms with E-state index in [0.717, 1.165) is 11.1 Å². The molecule has 2 aromatic rings. The highest BCUT2D eigenvalue weighted by Gasteiger charge is 2.38. The molecule has 1 aliphatic heterocycles. The first-order chi connectivity index (χ1) is 13.3. The van der Waals surface area contributed by atoms with Crippen LogP contribution in [-0.2, 0) is 27.4 Å². The third-order valence-corrected chi connectivity index (χ3v) is 4.54. The lowest BCUT2D eigenvalue weighted by Crippen LogP contribution is -2.55. The van der Waals surface area contributed by atoms with Gasteiger partial charge in [-0.05, 0) is 11.1 Å². The molecule has 27 heavy (non-hydrogen) atoms. The molecule has 0 spiro atoms. The number of aliphatic hydroxyl groups excluding tert-OH is 2. The van der Waals surface area contributed by atoms with E-state index in [2.05, 4.69) is 5.32 Å². The van der Waals surface area contributed by atoms with Crippen molar-refractivity contribution in [2.75, 3.05) is 13.3 Å². The summed E-state index contributed by atoms with van der Waals surface area (Å²) >= 11 is 0. The van der Waals surface area contributed by atoms with Gasteiger partial charge in [-0.1, -0.05) is 60.7 Å². The summed E-state index contributed by atoms with van der Waals surface area (Å²) < 4.78 is 17.7. The lowest BCUT2D eigenvalue weighted by Gasteiger charge is -2.39. The normalized spacial score (nSPS) is 25.4. The molecule has 4 unspecified atom stereocenters. The molecule has 3 N–H and O–H groups in total. The summed E-state index contributed by atoms with van der Waals surface area (Å²) in [6, 6.07) is 19.7. The van der Waals surface area contributed by atoms with Crippen molar-refractivity contribution in [3.05, 3.63) is 71.8 Å². The molecule has 0 aliphatic carbocycles. The molecular formula is C21H27NO5. The second kappa shape index (κ2) is 10.5. The second-order valence-corrected chi connectivity index (χ2v) is 6.59. The maximum absolute atomic E-state index is 10.5. The first-order valence-electron chi connectivity index (χ1n) is 9.21. The first kappa shape index (κ1) is 19.9. The van der Waals surface area contributed by atoms with Gasteiger partial charge in [0.1, 0.15) is 18.4 Å². The van der Waals surface area contributed by atoms with Gasteiger partial charge in [0.05, 0.1) is 32.7 Å². The Hall–Kier alpha value is -1.80. The van der Waals surface area contributed by atoms with Gasteiger partial charge in [-0.2, -0.15) is 0 Å². The summed E-state index contributed by atoms with van der Waals surface area (Å²) in [6.45, 7) is 0.916. The maximum Gasteiger partial charge on any atom is 0.113 e. The Balaban J connectivity index is 1.58. The minimum atomic E-state index is -0.711. The minimum Gasteiger partial charge on any atom is -0.390 e. The first-order valence-corrected chi connectivity index (χ1v) is 9.21. The van der Waals surface area contributed by atoms with Gasteiger partial charge in [-0.3, -0.25) is 5.32 Å². The van der Waals surface area contributed by atoms with E-state index < -0.39 is 24.5 Å². The highest BCUT2D eigenvalue weighted by molar-refractivity contribution is 5.14. The van der Waals surface area contributed by atoms with Crippen LogP contribution in [0.3, 0.4) is 0 Å². The summed E-state index contributed by atoms with van der Waals surface area (Å²) in [6.07, 6.45) is -1.75. The Morgan fingerprint density at radius 1 is 0.963 bits per heavy atom. The number of ether oxygens (including phenoxy) is 3. The monoisotopic (exact) mass is 373 g/mol. The summed E-state index contributed by atoms with van der Waals surface area (Å²) in [5.41, 5.74) is 2.10.